The van der Waals surface area contributed by atoms with E-state index in [1.165, 1.54) is 33.4 Å². The molecule has 7 heteroatoms. The zero-order valence-corrected chi connectivity index (χ0v) is 21.0. The molecule has 2 aromatic carbocycles. The van der Waals surface area contributed by atoms with Crippen LogP contribution in [0.15, 0.2) is 36.4 Å². The van der Waals surface area contributed by atoms with Crippen LogP contribution in [0.1, 0.15) is 45.6 Å². The SMILES string of the molecule is c1cc(CC2CO2)c(C2OC2COCC2OC2c2c(CC3CO3)cccc2CC2CO2)c(CC2CO2)c1. The molecule has 0 saturated carbocycles. The molecule has 6 heterocycles. The molecule has 6 aliphatic rings. The highest BCUT2D eigenvalue weighted by molar-refractivity contribution is 5.42. The van der Waals surface area contributed by atoms with E-state index in [2.05, 4.69) is 36.4 Å². The Bertz CT molecular complexity index is 997. The second kappa shape index (κ2) is 9.42. The van der Waals surface area contributed by atoms with Gasteiger partial charge in [-0.25, -0.2) is 0 Å². The Hall–Kier alpha value is -1.84. The summed E-state index contributed by atoms with van der Waals surface area (Å²) in [5.41, 5.74) is 8.07. The maximum absolute atomic E-state index is 6.17. The van der Waals surface area contributed by atoms with Gasteiger partial charge in [-0.05, 0) is 33.4 Å². The first-order valence-electron chi connectivity index (χ1n) is 13.8. The molecule has 6 saturated heterocycles. The van der Waals surface area contributed by atoms with E-state index in [0.29, 0.717) is 37.6 Å². The van der Waals surface area contributed by atoms with Gasteiger partial charge in [-0.15, -0.1) is 0 Å². The Balaban J connectivity index is 0.897. The van der Waals surface area contributed by atoms with E-state index in [0.717, 1.165) is 52.1 Å². The van der Waals surface area contributed by atoms with Crippen LogP contribution in [-0.2, 0) is 58.8 Å². The summed E-state index contributed by atoms with van der Waals surface area (Å²) in [4.78, 5) is 0. The van der Waals surface area contributed by atoms with Crippen molar-refractivity contribution in [2.24, 2.45) is 0 Å². The van der Waals surface area contributed by atoms with Gasteiger partial charge in [0.25, 0.3) is 0 Å². The standard InChI is InChI=1S/C30H34O7/c1-3-17(7-21-11-32-21)27(18(4-1)8-22-12-33-22)29-25(36-29)15-31-16-26-30(37-26)28-19(9-23-13-34-23)5-2-6-20(28)10-24-14-35-24/h1-6,21-26,29-30H,7-16H2. The fourth-order valence-electron chi connectivity index (χ4n) is 5.85. The molecule has 7 nitrogen and oxygen atoms in total. The predicted octanol–water partition coefficient (Wildman–Crippen LogP) is 3.05. The summed E-state index contributed by atoms with van der Waals surface area (Å²) < 4.78 is 40.6. The largest absolute Gasteiger partial charge is 0.376 e. The Morgan fingerprint density at radius 2 is 0.865 bits per heavy atom. The minimum absolute atomic E-state index is 0.0965. The monoisotopic (exact) mass is 506 g/mol. The van der Waals surface area contributed by atoms with Gasteiger partial charge in [0, 0.05) is 25.7 Å². The molecule has 0 aromatic heterocycles. The van der Waals surface area contributed by atoms with Gasteiger partial charge in [0.15, 0.2) is 0 Å². The third-order valence-corrected chi connectivity index (χ3v) is 8.27. The molecule has 0 aliphatic carbocycles. The van der Waals surface area contributed by atoms with Gasteiger partial charge >= 0.3 is 0 Å². The number of hydrogen-bond donors (Lipinski definition) is 0. The topological polar surface area (TPSA) is 84.4 Å². The summed E-state index contributed by atoms with van der Waals surface area (Å²) in [7, 11) is 0. The van der Waals surface area contributed by atoms with Gasteiger partial charge in [-0.3, -0.25) is 0 Å². The molecule has 2 aromatic rings. The van der Waals surface area contributed by atoms with E-state index in [1.807, 2.05) is 0 Å². The van der Waals surface area contributed by atoms with Crippen molar-refractivity contribution in [1.82, 2.24) is 0 Å². The first kappa shape index (κ1) is 23.1. The van der Waals surface area contributed by atoms with Crippen LogP contribution < -0.4 is 0 Å². The first-order valence-corrected chi connectivity index (χ1v) is 13.8. The molecule has 6 aliphatic heterocycles. The maximum Gasteiger partial charge on any atom is 0.112 e. The van der Waals surface area contributed by atoms with Crippen LogP contribution in [0.2, 0.25) is 0 Å². The van der Waals surface area contributed by atoms with Gasteiger partial charge in [-0.1, -0.05) is 36.4 Å². The van der Waals surface area contributed by atoms with Crippen LogP contribution in [0.5, 0.6) is 0 Å². The van der Waals surface area contributed by atoms with Gasteiger partial charge in [0.05, 0.1) is 64.1 Å². The average molecular weight is 507 g/mol. The van der Waals surface area contributed by atoms with Crippen LogP contribution in [0.3, 0.4) is 0 Å². The lowest BCUT2D eigenvalue weighted by molar-refractivity contribution is 0.102. The molecule has 8 rings (SSSR count). The minimum atomic E-state index is 0.0965. The lowest BCUT2D eigenvalue weighted by atomic mass is 9.92. The van der Waals surface area contributed by atoms with Crippen molar-refractivity contribution < 1.29 is 33.2 Å². The molecule has 0 amide bonds. The molecule has 8 unspecified atom stereocenters. The van der Waals surface area contributed by atoms with Crippen LogP contribution in [0.4, 0.5) is 0 Å². The molecule has 0 spiro atoms. The van der Waals surface area contributed by atoms with Crippen LogP contribution in [-0.4, -0.2) is 76.3 Å². The fourth-order valence-corrected chi connectivity index (χ4v) is 5.85. The molecule has 0 radical (unpaired) electrons. The zero-order valence-electron chi connectivity index (χ0n) is 21.0. The van der Waals surface area contributed by atoms with E-state index in [1.54, 1.807) is 0 Å². The summed E-state index contributed by atoms with van der Waals surface area (Å²) in [6.45, 7) is 4.63. The van der Waals surface area contributed by atoms with E-state index >= 15 is 0 Å². The van der Waals surface area contributed by atoms with E-state index in [-0.39, 0.29) is 24.4 Å². The van der Waals surface area contributed by atoms with Crippen molar-refractivity contribution in [3.05, 3.63) is 69.8 Å². The van der Waals surface area contributed by atoms with Gasteiger partial charge in [-0.2, -0.15) is 0 Å². The summed E-state index contributed by atoms with van der Waals surface area (Å²) in [6.07, 6.45) is 5.65. The second-order valence-corrected chi connectivity index (χ2v) is 11.3. The third-order valence-electron chi connectivity index (χ3n) is 8.27. The highest BCUT2D eigenvalue weighted by Gasteiger charge is 2.47. The number of rotatable bonds is 14. The number of epoxide rings is 6. The molecule has 8 atom stereocenters. The fraction of sp³-hybridized carbons (Fsp3) is 0.600. The number of hydrogen-bond acceptors (Lipinski definition) is 7. The smallest absolute Gasteiger partial charge is 0.112 e. The number of benzene rings is 2. The maximum atomic E-state index is 6.17. The van der Waals surface area contributed by atoms with Crippen LogP contribution in [0, 0.1) is 0 Å². The Labute approximate surface area is 217 Å². The Morgan fingerprint density at radius 1 is 0.541 bits per heavy atom. The van der Waals surface area contributed by atoms with Gasteiger partial charge < -0.3 is 33.2 Å². The summed E-state index contributed by atoms with van der Waals surface area (Å²) in [5, 5.41) is 0. The second-order valence-electron chi connectivity index (χ2n) is 11.3. The predicted molar refractivity (Wildman–Crippen MR) is 133 cm³/mol. The van der Waals surface area contributed by atoms with Crippen molar-refractivity contribution in [2.75, 3.05) is 39.6 Å². The Morgan fingerprint density at radius 3 is 1.16 bits per heavy atom. The normalized spacial score (nSPS) is 36.3. The molecule has 0 bridgehead atoms. The van der Waals surface area contributed by atoms with Crippen LogP contribution >= 0.6 is 0 Å². The van der Waals surface area contributed by atoms with E-state index in [4.69, 9.17) is 33.2 Å². The quantitative estimate of drug-likeness (QED) is 0.364. The van der Waals surface area contributed by atoms with Crippen molar-refractivity contribution in [3.63, 3.8) is 0 Å². The molecular formula is C30H34O7. The Kier molecular flexibility index (Phi) is 5.87. The lowest BCUT2D eigenvalue weighted by Gasteiger charge is -2.13. The molecule has 6 fully saturated rings. The first-order chi connectivity index (χ1) is 18.3. The van der Waals surface area contributed by atoms with Crippen LogP contribution in [0.25, 0.3) is 0 Å². The van der Waals surface area contributed by atoms with E-state index < -0.39 is 0 Å². The van der Waals surface area contributed by atoms with E-state index in [9.17, 15) is 0 Å². The summed E-state index contributed by atoms with van der Waals surface area (Å²) in [5.74, 6) is 0. The highest BCUT2D eigenvalue weighted by Crippen LogP contribution is 2.46. The van der Waals surface area contributed by atoms with Crippen molar-refractivity contribution in [2.45, 2.75) is 74.5 Å². The highest BCUT2D eigenvalue weighted by atomic mass is 16.6. The average Bonchev–Trinajstić information content (AvgIpc) is 3.68. The molecular weight excluding hydrogens is 472 g/mol. The number of ether oxygens (including phenoxy) is 7. The molecule has 196 valence electrons. The molecule has 0 N–H and O–H groups in total. The van der Waals surface area contributed by atoms with Gasteiger partial charge in [0.1, 0.15) is 24.4 Å². The third kappa shape index (κ3) is 5.50. The summed E-state index contributed by atoms with van der Waals surface area (Å²) in [6, 6.07) is 13.2. The zero-order chi connectivity index (χ0) is 24.3. The summed E-state index contributed by atoms with van der Waals surface area (Å²) >= 11 is 0. The lowest BCUT2D eigenvalue weighted by Crippen LogP contribution is -2.11. The molecule has 37 heavy (non-hydrogen) atoms. The van der Waals surface area contributed by atoms with Crippen molar-refractivity contribution in [3.8, 4) is 0 Å². The minimum Gasteiger partial charge on any atom is -0.376 e. The van der Waals surface area contributed by atoms with Gasteiger partial charge in [0.2, 0.25) is 0 Å². The van der Waals surface area contributed by atoms with Crippen molar-refractivity contribution in [1.29, 1.82) is 0 Å². The van der Waals surface area contributed by atoms with Crippen molar-refractivity contribution >= 4 is 0 Å².